The first-order valence-electron chi connectivity index (χ1n) is 5.69. The number of rotatable bonds is 7. The van der Waals surface area contributed by atoms with Gasteiger partial charge in [-0.3, -0.25) is 9.82 Å². The van der Waals surface area contributed by atoms with Crippen LogP contribution in [0.4, 0.5) is 5.69 Å². The van der Waals surface area contributed by atoms with Crippen LogP contribution in [0.1, 0.15) is 24.7 Å². The molecule has 0 aliphatic rings. The standard InChI is InChI=1S/C10H20N4O2S/c1-4-11-6-5-7-17(15,16)14-10-8(2)12-13-9(10)3/h11,14H,4-7H2,1-3H3,(H,12,13). The Morgan fingerprint density at radius 1 is 1.35 bits per heavy atom. The molecule has 0 aliphatic heterocycles. The van der Waals surface area contributed by atoms with Crippen molar-refractivity contribution < 1.29 is 8.42 Å². The largest absolute Gasteiger partial charge is 0.317 e. The smallest absolute Gasteiger partial charge is 0.232 e. The summed E-state index contributed by atoms with van der Waals surface area (Å²) in [6.07, 6.45) is 0.596. The van der Waals surface area contributed by atoms with E-state index in [4.69, 9.17) is 0 Å². The number of anilines is 1. The lowest BCUT2D eigenvalue weighted by molar-refractivity contribution is 0.595. The first kappa shape index (κ1) is 14.0. The van der Waals surface area contributed by atoms with Crippen LogP contribution in [-0.2, 0) is 10.0 Å². The van der Waals surface area contributed by atoms with Crippen LogP contribution in [0.5, 0.6) is 0 Å². The van der Waals surface area contributed by atoms with Crippen molar-refractivity contribution in [1.82, 2.24) is 15.5 Å². The van der Waals surface area contributed by atoms with Crippen molar-refractivity contribution in [2.24, 2.45) is 0 Å². The van der Waals surface area contributed by atoms with Crippen molar-refractivity contribution in [2.75, 3.05) is 23.6 Å². The number of hydrogen-bond donors (Lipinski definition) is 3. The molecule has 3 N–H and O–H groups in total. The number of aryl methyl sites for hydroxylation is 2. The minimum atomic E-state index is -3.28. The summed E-state index contributed by atoms with van der Waals surface area (Å²) in [4.78, 5) is 0. The van der Waals surface area contributed by atoms with Crippen molar-refractivity contribution in [1.29, 1.82) is 0 Å². The monoisotopic (exact) mass is 260 g/mol. The molecule has 0 atom stereocenters. The Hall–Kier alpha value is -1.08. The number of nitrogens with zero attached hydrogens (tertiary/aromatic N) is 1. The first-order chi connectivity index (χ1) is 7.96. The second-order valence-electron chi connectivity index (χ2n) is 3.94. The summed E-state index contributed by atoms with van der Waals surface area (Å²) in [7, 11) is -3.28. The molecule has 1 aromatic rings. The number of nitrogens with one attached hydrogen (secondary N) is 3. The van der Waals surface area contributed by atoms with E-state index in [2.05, 4.69) is 20.2 Å². The Bertz CT molecular complexity index is 433. The highest BCUT2D eigenvalue weighted by molar-refractivity contribution is 7.92. The summed E-state index contributed by atoms with van der Waals surface area (Å²) in [6, 6.07) is 0. The maximum absolute atomic E-state index is 11.8. The Balaban J connectivity index is 2.55. The molecule has 0 aromatic carbocycles. The van der Waals surface area contributed by atoms with Gasteiger partial charge in [0.2, 0.25) is 10.0 Å². The van der Waals surface area contributed by atoms with Gasteiger partial charge in [0.1, 0.15) is 0 Å². The van der Waals surface area contributed by atoms with Crippen molar-refractivity contribution in [3.05, 3.63) is 11.4 Å². The van der Waals surface area contributed by atoms with Gasteiger partial charge in [0.05, 0.1) is 22.8 Å². The van der Waals surface area contributed by atoms with E-state index >= 15 is 0 Å². The molecule has 0 radical (unpaired) electrons. The molecular formula is C10H20N4O2S. The fourth-order valence-corrected chi connectivity index (χ4v) is 2.71. The zero-order valence-corrected chi connectivity index (χ0v) is 11.3. The van der Waals surface area contributed by atoms with E-state index in [1.54, 1.807) is 13.8 Å². The molecule has 1 aromatic heterocycles. The minimum absolute atomic E-state index is 0.115. The Labute approximate surface area is 102 Å². The summed E-state index contributed by atoms with van der Waals surface area (Å²) in [5, 5.41) is 9.78. The molecule has 7 heteroatoms. The third-order valence-electron chi connectivity index (χ3n) is 2.40. The van der Waals surface area contributed by atoms with Crippen LogP contribution in [0.15, 0.2) is 0 Å². The van der Waals surface area contributed by atoms with Crippen molar-refractivity contribution >= 4 is 15.7 Å². The summed E-state index contributed by atoms with van der Waals surface area (Å²) in [5.74, 6) is 0.115. The van der Waals surface area contributed by atoms with Gasteiger partial charge in [0, 0.05) is 0 Å². The van der Waals surface area contributed by atoms with E-state index in [1.807, 2.05) is 6.92 Å². The van der Waals surface area contributed by atoms with Crippen LogP contribution in [0, 0.1) is 13.8 Å². The second kappa shape index (κ2) is 6.02. The summed E-state index contributed by atoms with van der Waals surface area (Å²) in [5.41, 5.74) is 1.96. The van der Waals surface area contributed by atoms with Crippen molar-refractivity contribution in [3.8, 4) is 0 Å². The lowest BCUT2D eigenvalue weighted by Gasteiger charge is -2.08. The molecule has 0 bridgehead atoms. The number of aromatic nitrogens is 2. The van der Waals surface area contributed by atoms with Gasteiger partial charge < -0.3 is 5.32 Å². The normalized spacial score (nSPS) is 11.7. The molecule has 6 nitrogen and oxygen atoms in total. The molecule has 98 valence electrons. The lowest BCUT2D eigenvalue weighted by Crippen LogP contribution is -2.22. The molecule has 0 aliphatic carbocycles. The maximum Gasteiger partial charge on any atom is 0.232 e. The first-order valence-corrected chi connectivity index (χ1v) is 7.34. The Morgan fingerprint density at radius 2 is 2.06 bits per heavy atom. The van der Waals surface area contributed by atoms with Gasteiger partial charge in [-0.25, -0.2) is 8.42 Å². The molecule has 0 fully saturated rings. The van der Waals surface area contributed by atoms with Gasteiger partial charge >= 0.3 is 0 Å². The Morgan fingerprint density at radius 3 is 2.59 bits per heavy atom. The number of sulfonamides is 1. The zero-order chi connectivity index (χ0) is 12.9. The minimum Gasteiger partial charge on any atom is -0.317 e. The topological polar surface area (TPSA) is 86.9 Å². The highest BCUT2D eigenvalue weighted by atomic mass is 32.2. The van der Waals surface area contributed by atoms with Gasteiger partial charge in [0.15, 0.2) is 0 Å². The zero-order valence-electron chi connectivity index (χ0n) is 10.5. The quantitative estimate of drug-likeness (QED) is 0.632. The molecule has 0 saturated heterocycles. The van der Waals surface area contributed by atoms with Gasteiger partial charge in [-0.2, -0.15) is 5.10 Å². The average molecular weight is 260 g/mol. The number of H-pyrrole nitrogens is 1. The van der Waals surface area contributed by atoms with Crippen LogP contribution in [0.3, 0.4) is 0 Å². The molecule has 0 unspecified atom stereocenters. The molecule has 0 saturated carbocycles. The summed E-state index contributed by atoms with van der Waals surface area (Å²) < 4.78 is 26.1. The van der Waals surface area contributed by atoms with Crippen LogP contribution in [0.2, 0.25) is 0 Å². The molecule has 17 heavy (non-hydrogen) atoms. The van der Waals surface area contributed by atoms with Crippen molar-refractivity contribution in [2.45, 2.75) is 27.2 Å². The van der Waals surface area contributed by atoms with Crippen LogP contribution < -0.4 is 10.0 Å². The van der Waals surface area contributed by atoms with Crippen LogP contribution in [-0.4, -0.2) is 37.5 Å². The number of aromatic amines is 1. The number of hydrogen-bond acceptors (Lipinski definition) is 4. The van der Waals surface area contributed by atoms with Gasteiger partial charge in [0.25, 0.3) is 0 Å². The van der Waals surface area contributed by atoms with Gasteiger partial charge in [-0.05, 0) is 33.4 Å². The second-order valence-corrected chi connectivity index (χ2v) is 5.78. The highest BCUT2D eigenvalue weighted by Crippen LogP contribution is 2.17. The van der Waals surface area contributed by atoms with E-state index in [0.29, 0.717) is 24.3 Å². The molecule has 1 heterocycles. The van der Waals surface area contributed by atoms with Gasteiger partial charge in [-0.15, -0.1) is 0 Å². The van der Waals surface area contributed by atoms with Crippen LogP contribution in [0.25, 0.3) is 0 Å². The molecule has 1 rings (SSSR count). The van der Waals surface area contributed by atoms with E-state index in [9.17, 15) is 8.42 Å². The molecule has 0 spiro atoms. The lowest BCUT2D eigenvalue weighted by atomic mass is 10.3. The van der Waals surface area contributed by atoms with E-state index in [0.717, 1.165) is 12.2 Å². The van der Waals surface area contributed by atoms with Crippen molar-refractivity contribution in [3.63, 3.8) is 0 Å². The van der Waals surface area contributed by atoms with E-state index in [1.165, 1.54) is 0 Å². The SMILES string of the molecule is CCNCCCS(=O)(=O)Nc1c(C)n[nH]c1C. The predicted molar refractivity (Wildman–Crippen MR) is 68.6 cm³/mol. The molecule has 0 amide bonds. The predicted octanol–water partition coefficient (Wildman–Crippen LogP) is 0.768. The third-order valence-corrected chi connectivity index (χ3v) is 3.74. The fraction of sp³-hybridized carbons (Fsp3) is 0.700. The third kappa shape index (κ3) is 4.35. The summed E-state index contributed by atoms with van der Waals surface area (Å²) in [6.45, 7) is 7.11. The summed E-state index contributed by atoms with van der Waals surface area (Å²) >= 11 is 0. The molecular weight excluding hydrogens is 240 g/mol. The Kier molecular flexibility index (Phi) is 4.95. The van der Waals surface area contributed by atoms with E-state index < -0.39 is 10.0 Å². The van der Waals surface area contributed by atoms with Crippen LogP contribution >= 0.6 is 0 Å². The average Bonchev–Trinajstić information content (AvgIpc) is 2.56. The fourth-order valence-electron chi connectivity index (χ4n) is 1.47. The highest BCUT2D eigenvalue weighted by Gasteiger charge is 2.14. The van der Waals surface area contributed by atoms with Gasteiger partial charge in [-0.1, -0.05) is 6.92 Å². The van der Waals surface area contributed by atoms with E-state index in [-0.39, 0.29) is 5.75 Å². The maximum atomic E-state index is 11.8.